The van der Waals surface area contributed by atoms with Crippen molar-refractivity contribution in [1.82, 2.24) is 20.5 Å². The quantitative estimate of drug-likeness (QED) is 0.402. The van der Waals surface area contributed by atoms with Gasteiger partial charge in [-0.3, -0.25) is 9.78 Å². The van der Waals surface area contributed by atoms with Crippen molar-refractivity contribution in [3.63, 3.8) is 0 Å². The van der Waals surface area contributed by atoms with Gasteiger partial charge in [0.1, 0.15) is 0 Å². The molecule has 1 aliphatic heterocycles. The van der Waals surface area contributed by atoms with Crippen LogP contribution in [0.3, 0.4) is 0 Å². The summed E-state index contributed by atoms with van der Waals surface area (Å²) in [6, 6.07) is 4.05. The molecule has 0 bridgehead atoms. The van der Waals surface area contributed by atoms with Gasteiger partial charge in [-0.25, -0.2) is 0 Å². The summed E-state index contributed by atoms with van der Waals surface area (Å²) in [7, 11) is 3.73. The first-order valence-electron chi connectivity index (χ1n) is 8.51. The Hall–Kier alpha value is -1.79. The van der Waals surface area contributed by atoms with Gasteiger partial charge in [0.05, 0.1) is 23.0 Å². The van der Waals surface area contributed by atoms with Crippen LogP contribution in [0.5, 0.6) is 0 Å². The number of carbonyl (C=O) groups excluding carboxylic acids is 1. The van der Waals surface area contributed by atoms with Gasteiger partial charge >= 0.3 is 0 Å². The van der Waals surface area contributed by atoms with Gasteiger partial charge in [0.15, 0.2) is 0 Å². The molecular weight excluding hydrogens is 332 g/mol. The highest BCUT2D eigenvalue weighted by atomic mass is 32.2. The Bertz CT molecular complexity index is 650. The molecule has 0 radical (unpaired) electrons. The molecule has 0 saturated carbocycles. The molecule has 1 unspecified atom stereocenters. The number of pyridine rings is 1. The van der Waals surface area contributed by atoms with Gasteiger partial charge in [-0.2, -0.15) is 11.8 Å². The maximum atomic E-state index is 13.0. The molecule has 2 rings (SSSR count). The molecule has 0 aromatic carbocycles. The third-order valence-corrected chi connectivity index (χ3v) is 4.88. The van der Waals surface area contributed by atoms with Gasteiger partial charge in [0.25, 0.3) is 5.91 Å². The van der Waals surface area contributed by atoms with Crippen molar-refractivity contribution in [2.24, 2.45) is 0 Å². The molecule has 2 N–H and O–H groups in total. The predicted octanol–water partition coefficient (Wildman–Crippen LogP) is 2.23. The van der Waals surface area contributed by atoms with E-state index in [-0.39, 0.29) is 11.9 Å². The third kappa shape index (κ3) is 5.09. The monoisotopic (exact) mass is 360 g/mol. The number of nitrogens with one attached hydrogen (secondary N) is 2. The van der Waals surface area contributed by atoms with Crippen LogP contribution >= 0.6 is 11.8 Å². The molecule has 5 nitrogen and oxygen atoms in total. The highest BCUT2D eigenvalue weighted by Crippen LogP contribution is 2.24. The van der Waals surface area contributed by atoms with E-state index in [4.69, 9.17) is 0 Å². The van der Waals surface area contributed by atoms with Crippen LogP contribution in [0, 0.1) is 0 Å². The summed E-state index contributed by atoms with van der Waals surface area (Å²) in [5.41, 5.74) is 4.35. The standard InChI is InChI=1S/C19H28N4OS/c1-13(2)15-8-7-14(11-21-15)18(20-3)17(16-12-22-16)19(24)23(4)9-6-10-25-5/h7-8,11,16,20,22H,1,6,9-10,12H2,2-5H3/b18-17-. The molecule has 1 aromatic rings. The largest absolute Gasteiger partial charge is 0.387 e. The fraction of sp³-hybridized carbons (Fsp3) is 0.474. The van der Waals surface area contributed by atoms with Crippen molar-refractivity contribution >= 4 is 28.9 Å². The fourth-order valence-electron chi connectivity index (χ4n) is 2.68. The lowest BCUT2D eigenvalue weighted by molar-refractivity contribution is -0.125. The van der Waals surface area contributed by atoms with Crippen molar-refractivity contribution in [1.29, 1.82) is 0 Å². The van der Waals surface area contributed by atoms with Crippen molar-refractivity contribution in [2.45, 2.75) is 19.4 Å². The number of rotatable bonds is 9. The molecule has 1 amide bonds. The lowest BCUT2D eigenvalue weighted by atomic mass is 10.0. The van der Waals surface area contributed by atoms with E-state index in [0.29, 0.717) is 0 Å². The zero-order valence-corrected chi connectivity index (χ0v) is 16.4. The SMILES string of the molecule is C=C(C)c1ccc(/C(NC)=C(/C(=O)N(C)CCCSC)C2CN2)cn1. The van der Waals surface area contributed by atoms with Crippen molar-refractivity contribution in [3.8, 4) is 0 Å². The van der Waals surface area contributed by atoms with Crippen LogP contribution < -0.4 is 10.6 Å². The van der Waals surface area contributed by atoms with Crippen LogP contribution in [0.2, 0.25) is 0 Å². The molecule has 0 aliphatic carbocycles. The zero-order valence-electron chi connectivity index (χ0n) is 15.6. The van der Waals surface area contributed by atoms with E-state index in [1.165, 1.54) is 0 Å². The lowest BCUT2D eigenvalue weighted by Gasteiger charge is -2.21. The summed E-state index contributed by atoms with van der Waals surface area (Å²) in [6.07, 6.45) is 4.89. The molecule has 25 heavy (non-hydrogen) atoms. The average molecular weight is 361 g/mol. The summed E-state index contributed by atoms with van der Waals surface area (Å²) in [4.78, 5) is 19.3. The smallest absolute Gasteiger partial charge is 0.253 e. The molecule has 1 aromatic heterocycles. The molecular formula is C19H28N4OS. The van der Waals surface area contributed by atoms with Gasteiger partial charge in [-0.1, -0.05) is 6.58 Å². The maximum Gasteiger partial charge on any atom is 0.253 e. The van der Waals surface area contributed by atoms with Crippen LogP contribution in [0.1, 0.15) is 24.6 Å². The van der Waals surface area contributed by atoms with Gasteiger partial charge in [0, 0.05) is 38.9 Å². The Morgan fingerprint density at radius 3 is 2.72 bits per heavy atom. The number of likely N-dealkylation sites (N-methyl/N-ethyl adjacent to an activating group) is 1. The molecule has 1 aliphatic rings. The van der Waals surface area contributed by atoms with Gasteiger partial charge in [-0.15, -0.1) is 0 Å². The molecule has 6 heteroatoms. The number of carbonyl (C=O) groups is 1. The maximum absolute atomic E-state index is 13.0. The summed E-state index contributed by atoms with van der Waals surface area (Å²) in [5.74, 6) is 1.13. The molecule has 1 saturated heterocycles. The van der Waals surface area contributed by atoms with Crippen LogP contribution in [-0.4, -0.2) is 61.0 Å². The minimum atomic E-state index is 0.0735. The third-order valence-electron chi connectivity index (χ3n) is 4.18. The van der Waals surface area contributed by atoms with Crippen molar-refractivity contribution in [3.05, 3.63) is 41.7 Å². The Balaban J connectivity index is 2.29. The molecule has 0 spiro atoms. The molecule has 1 fully saturated rings. The second kappa shape index (κ2) is 9.06. The Morgan fingerprint density at radius 1 is 1.52 bits per heavy atom. The van der Waals surface area contributed by atoms with Gasteiger partial charge < -0.3 is 15.5 Å². The van der Waals surface area contributed by atoms with E-state index in [0.717, 1.165) is 53.4 Å². The van der Waals surface area contributed by atoms with Gasteiger partial charge in [-0.05, 0) is 43.1 Å². The van der Waals surface area contributed by atoms with Crippen LogP contribution in [0.4, 0.5) is 0 Å². The second-order valence-electron chi connectivity index (χ2n) is 6.29. The number of amides is 1. The van der Waals surface area contributed by atoms with E-state index in [1.54, 1.807) is 18.0 Å². The van der Waals surface area contributed by atoms with Crippen molar-refractivity contribution in [2.75, 3.05) is 39.2 Å². The van der Waals surface area contributed by atoms with Crippen LogP contribution in [0.25, 0.3) is 11.3 Å². The number of thioether (sulfide) groups is 1. The highest BCUT2D eigenvalue weighted by molar-refractivity contribution is 7.98. The molecule has 1 atom stereocenters. The lowest BCUT2D eigenvalue weighted by Crippen LogP contribution is -2.33. The van der Waals surface area contributed by atoms with Crippen LogP contribution in [-0.2, 0) is 4.79 Å². The number of hydrogen-bond donors (Lipinski definition) is 2. The zero-order chi connectivity index (χ0) is 18.4. The van der Waals surface area contributed by atoms with E-state index in [1.807, 2.05) is 38.1 Å². The Kier molecular flexibility index (Phi) is 7.08. The molecule has 136 valence electrons. The van der Waals surface area contributed by atoms with E-state index >= 15 is 0 Å². The van der Waals surface area contributed by atoms with Crippen LogP contribution in [0.15, 0.2) is 30.5 Å². The number of aromatic nitrogens is 1. The predicted molar refractivity (Wildman–Crippen MR) is 107 cm³/mol. The van der Waals surface area contributed by atoms with E-state index < -0.39 is 0 Å². The minimum Gasteiger partial charge on any atom is -0.387 e. The second-order valence-corrected chi connectivity index (χ2v) is 7.27. The first-order valence-corrected chi connectivity index (χ1v) is 9.91. The molecule has 2 heterocycles. The van der Waals surface area contributed by atoms with E-state index in [2.05, 4.69) is 28.5 Å². The van der Waals surface area contributed by atoms with E-state index in [9.17, 15) is 4.79 Å². The first-order chi connectivity index (χ1) is 12.0. The van der Waals surface area contributed by atoms with Gasteiger partial charge in [0.2, 0.25) is 0 Å². The van der Waals surface area contributed by atoms with Crippen molar-refractivity contribution < 1.29 is 4.79 Å². The first kappa shape index (κ1) is 19.5. The highest BCUT2D eigenvalue weighted by Gasteiger charge is 2.34. The number of hydrogen-bond acceptors (Lipinski definition) is 5. The Labute approximate surface area is 155 Å². The Morgan fingerprint density at radius 2 is 2.24 bits per heavy atom. The normalized spacial score (nSPS) is 16.9. The minimum absolute atomic E-state index is 0.0735. The topological polar surface area (TPSA) is 67.2 Å². The number of nitrogens with zero attached hydrogens (tertiary/aromatic N) is 2. The summed E-state index contributed by atoms with van der Waals surface area (Å²) in [5, 5.41) is 6.48. The number of allylic oxidation sites excluding steroid dienone is 1. The summed E-state index contributed by atoms with van der Waals surface area (Å²) in [6.45, 7) is 7.45. The summed E-state index contributed by atoms with van der Waals surface area (Å²) >= 11 is 1.80. The summed E-state index contributed by atoms with van der Waals surface area (Å²) < 4.78 is 0. The fourth-order valence-corrected chi connectivity index (χ4v) is 3.09. The average Bonchev–Trinajstić information content (AvgIpc) is 3.44.